The molecule has 0 unspecified atom stereocenters. The van der Waals surface area contributed by atoms with Crippen molar-refractivity contribution < 1.29 is 28.7 Å². The Morgan fingerprint density at radius 2 is 1.85 bits per heavy atom. The summed E-state index contributed by atoms with van der Waals surface area (Å²) in [5, 5.41) is 8.72. The lowest BCUT2D eigenvalue weighted by Gasteiger charge is -2.30. The van der Waals surface area contributed by atoms with Gasteiger partial charge in [0.2, 0.25) is 11.8 Å². The van der Waals surface area contributed by atoms with Crippen LogP contribution in [0.2, 0.25) is 0 Å². The van der Waals surface area contributed by atoms with Crippen LogP contribution in [0.5, 0.6) is 5.75 Å². The lowest BCUT2D eigenvalue weighted by Crippen LogP contribution is -2.57. The number of amides is 4. The number of benzene rings is 1. The van der Waals surface area contributed by atoms with Crippen molar-refractivity contribution >= 4 is 29.5 Å². The van der Waals surface area contributed by atoms with Crippen molar-refractivity contribution in [3.8, 4) is 5.75 Å². The molecule has 1 aromatic carbocycles. The number of alkyl carbamates (subject to hydrolysis) is 1. The highest BCUT2D eigenvalue weighted by molar-refractivity contribution is 6.05. The molecule has 0 spiro atoms. The maximum absolute atomic E-state index is 13.7. The van der Waals surface area contributed by atoms with Gasteiger partial charge in [0.15, 0.2) is 0 Å². The second kappa shape index (κ2) is 12.3. The third-order valence-corrected chi connectivity index (χ3v) is 7.68. The molecule has 4 rings (SSSR count). The zero-order valence-corrected chi connectivity index (χ0v) is 24.0. The molecule has 10 heteroatoms. The van der Waals surface area contributed by atoms with Crippen molar-refractivity contribution in [2.75, 3.05) is 19.0 Å². The number of carbonyl (C=O) groups excluding carboxylic acids is 4. The zero-order chi connectivity index (χ0) is 28.9. The standard InChI is InChI=1S/C30H42N4O6/c1-29(2,3)40-28(38)32-22-15-9-7-5-6-8-13-20-19-30(20,27(37)31-21-14-10-11-17-24(21)39-4)33-25(35)23-16-12-18-34(23)26(22)36/h8,10-11,13-14,17,20,22-23H,5-7,9,12,15-16,18-19H2,1-4H3,(H,31,37)(H,32,38)(H,33,35)/b13-8-/t20-,22+,23+,30-/m1/s1. The van der Waals surface area contributed by atoms with E-state index in [4.69, 9.17) is 9.47 Å². The Morgan fingerprint density at radius 1 is 1.07 bits per heavy atom. The van der Waals surface area contributed by atoms with E-state index in [1.807, 2.05) is 12.1 Å². The lowest BCUT2D eigenvalue weighted by atomic mass is 10.0. The number of para-hydroxylation sites is 2. The Bertz CT molecular complexity index is 1150. The largest absolute Gasteiger partial charge is 0.495 e. The first-order valence-corrected chi connectivity index (χ1v) is 14.3. The SMILES string of the molecule is COc1ccccc1NC(=O)[C@@]12C[C@H]1/C=C\CCCCC[C@H](NC(=O)OC(C)(C)C)C(=O)N1CCC[C@H]1C(=O)N2. The Balaban J connectivity index is 1.55. The van der Waals surface area contributed by atoms with Crippen molar-refractivity contribution in [2.45, 2.75) is 95.4 Å². The number of carbonyl (C=O) groups is 4. The molecule has 40 heavy (non-hydrogen) atoms. The van der Waals surface area contributed by atoms with Gasteiger partial charge in [0.1, 0.15) is 29.0 Å². The molecule has 0 aromatic heterocycles. The summed E-state index contributed by atoms with van der Waals surface area (Å²) in [6, 6.07) is 5.62. The number of hydrogen-bond donors (Lipinski definition) is 3. The number of anilines is 1. The quantitative estimate of drug-likeness (QED) is 0.485. The Morgan fingerprint density at radius 3 is 2.60 bits per heavy atom. The van der Waals surface area contributed by atoms with Gasteiger partial charge in [-0.25, -0.2) is 4.79 Å². The highest BCUT2D eigenvalue weighted by atomic mass is 16.6. The number of hydrogen-bond acceptors (Lipinski definition) is 6. The molecule has 3 N–H and O–H groups in total. The van der Waals surface area contributed by atoms with Crippen LogP contribution in [0.15, 0.2) is 36.4 Å². The first-order valence-electron chi connectivity index (χ1n) is 14.3. The third kappa shape index (κ3) is 6.95. The van der Waals surface area contributed by atoms with Gasteiger partial charge in [0, 0.05) is 12.5 Å². The van der Waals surface area contributed by atoms with E-state index in [1.165, 1.54) is 7.11 Å². The van der Waals surface area contributed by atoms with Gasteiger partial charge in [-0.2, -0.15) is 0 Å². The monoisotopic (exact) mass is 554 g/mol. The van der Waals surface area contributed by atoms with Gasteiger partial charge < -0.3 is 30.3 Å². The zero-order valence-electron chi connectivity index (χ0n) is 24.0. The lowest BCUT2D eigenvalue weighted by molar-refractivity contribution is -0.141. The molecule has 4 amide bonds. The van der Waals surface area contributed by atoms with Gasteiger partial charge in [0.25, 0.3) is 5.91 Å². The van der Waals surface area contributed by atoms with E-state index < -0.39 is 29.3 Å². The van der Waals surface area contributed by atoms with E-state index in [0.29, 0.717) is 43.7 Å². The van der Waals surface area contributed by atoms with E-state index in [9.17, 15) is 19.2 Å². The smallest absolute Gasteiger partial charge is 0.408 e. The number of allylic oxidation sites excluding steroid dienone is 1. The van der Waals surface area contributed by atoms with Crippen LogP contribution in [-0.2, 0) is 19.1 Å². The molecular formula is C30H42N4O6. The van der Waals surface area contributed by atoms with E-state index in [0.717, 1.165) is 25.7 Å². The van der Waals surface area contributed by atoms with Crippen LogP contribution >= 0.6 is 0 Å². The van der Waals surface area contributed by atoms with Crippen molar-refractivity contribution in [1.29, 1.82) is 0 Å². The van der Waals surface area contributed by atoms with Crippen LogP contribution in [0.1, 0.15) is 72.1 Å². The number of rotatable bonds is 4. The molecule has 0 radical (unpaired) electrons. The molecule has 0 bridgehead atoms. The fourth-order valence-corrected chi connectivity index (χ4v) is 5.53. The van der Waals surface area contributed by atoms with Gasteiger partial charge in [-0.1, -0.05) is 37.1 Å². The predicted molar refractivity (Wildman–Crippen MR) is 151 cm³/mol. The second-order valence-corrected chi connectivity index (χ2v) is 11.9. The summed E-state index contributed by atoms with van der Waals surface area (Å²) in [5.74, 6) is -0.591. The van der Waals surface area contributed by atoms with Gasteiger partial charge in [-0.3, -0.25) is 14.4 Å². The van der Waals surface area contributed by atoms with Crippen LogP contribution in [0, 0.1) is 5.92 Å². The summed E-state index contributed by atoms with van der Waals surface area (Å²) in [4.78, 5) is 55.1. The third-order valence-electron chi connectivity index (χ3n) is 7.68. The van der Waals surface area contributed by atoms with E-state index in [-0.39, 0.29) is 23.6 Å². The average molecular weight is 555 g/mol. The van der Waals surface area contributed by atoms with E-state index in [2.05, 4.69) is 22.0 Å². The molecule has 218 valence electrons. The molecule has 4 atom stereocenters. The van der Waals surface area contributed by atoms with Crippen molar-refractivity contribution in [3.05, 3.63) is 36.4 Å². The van der Waals surface area contributed by atoms with Gasteiger partial charge in [-0.15, -0.1) is 0 Å². The molecule has 1 aliphatic carbocycles. The van der Waals surface area contributed by atoms with Crippen molar-refractivity contribution in [1.82, 2.24) is 15.5 Å². The fourth-order valence-electron chi connectivity index (χ4n) is 5.53. The Hall–Kier alpha value is -3.56. The Kier molecular flexibility index (Phi) is 9.05. The molecular weight excluding hydrogens is 512 g/mol. The first-order chi connectivity index (χ1) is 19.0. The average Bonchev–Trinajstić information content (AvgIpc) is 3.36. The van der Waals surface area contributed by atoms with E-state index in [1.54, 1.807) is 43.9 Å². The predicted octanol–water partition coefficient (Wildman–Crippen LogP) is 3.91. The van der Waals surface area contributed by atoms with Crippen LogP contribution in [0.25, 0.3) is 0 Å². The molecule has 2 aliphatic heterocycles. The summed E-state index contributed by atoms with van der Waals surface area (Å²) >= 11 is 0. The maximum Gasteiger partial charge on any atom is 0.408 e. The molecule has 1 saturated heterocycles. The fraction of sp³-hybridized carbons (Fsp3) is 0.600. The minimum Gasteiger partial charge on any atom is -0.495 e. The van der Waals surface area contributed by atoms with Crippen molar-refractivity contribution in [2.24, 2.45) is 5.92 Å². The minimum absolute atomic E-state index is 0.150. The summed E-state index contributed by atoms with van der Waals surface area (Å²) < 4.78 is 10.8. The number of nitrogens with zero attached hydrogens (tertiary/aromatic N) is 1. The summed E-state index contributed by atoms with van der Waals surface area (Å²) in [6.45, 7) is 5.71. The molecule has 1 aromatic rings. The van der Waals surface area contributed by atoms with Crippen LogP contribution in [-0.4, -0.2) is 65.6 Å². The highest BCUT2D eigenvalue weighted by Gasteiger charge is 2.60. The summed E-state index contributed by atoms with van der Waals surface area (Å²) in [5.41, 5.74) is -1.28. The molecule has 2 heterocycles. The molecule has 2 fully saturated rings. The van der Waals surface area contributed by atoms with Crippen LogP contribution < -0.4 is 20.7 Å². The van der Waals surface area contributed by atoms with Crippen LogP contribution in [0.4, 0.5) is 10.5 Å². The first kappa shape index (κ1) is 29.4. The number of nitrogens with one attached hydrogen (secondary N) is 3. The van der Waals surface area contributed by atoms with Gasteiger partial charge in [0.05, 0.1) is 12.8 Å². The molecule has 3 aliphatic rings. The second-order valence-electron chi connectivity index (χ2n) is 11.9. The normalized spacial score (nSPS) is 28.1. The Labute approximate surface area is 236 Å². The summed E-state index contributed by atoms with van der Waals surface area (Å²) in [6.07, 6.45) is 8.88. The van der Waals surface area contributed by atoms with E-state index >= 15 is 0 Å². The number of fused-ring (bicyclic) bond motifs is 2. The topological polar surface area (TPSA) is 126 Å². The minimum atomic E-state index is -1.11. The maximum atomic E-state index is 13.7. The van der Waals surface area contributed by atoms with Crippen LogP contribution in [0.3, 0.4) is 0 Å². The number of ether oxygens (including phenoxy) is 2. The molecule has 1 saturated carbocycles. The van der Waals surface area contributed by atoms with Gasteiger partial charge in [-0.05, 0) is 71.4 Å². The summed E-state index contributed by atoms with van der Waals surface area (Å²) in [7, 11) is 1.54. The van der Waals surface area contributed by atoms with Gasteiger partial charge >= 0.3 is 6.09 Å². The molecule has 10 nitrogen and oxygen atoms in total. The van der Waals surface area contributed by atoms with Crippen molar-refractivity contribution in [3.63, 3.8) is 0 Å². The number of methoxy groups -OCH3 is 1. The highest BCUT2D eigenvalue weighted by Crippen LogP contribution is 2.46.